The van der Waals surface area contributed by atoms with Gasteiger partial charge in [-0.05, 0) is 65.7 Å². The number of hydrogen-bond acceptors (Lipinski definition) is 6. The molecule has 0 aliphatic heterocycles. The summed E-state index contributed by atoms with van der Waals surface area (Å²) >= 11 is 0. The second-order valence-corrected chi connectivity index (χ2v) is 6.30. The summed E-state index contributed by atoms with van der Waals surface area (Å²) in [6, 6.07) is 20.8. The van der Waals surface area contributed by atoms with E-state index in [4.69, 9.17) is 9.84 Å². The minimum Gasteiger partial charge on any atom is -0.489 e. The third kappa shape index (κ3) is 5.68. The van der Waals surface area contributed by atoms with E-state index < -0.39 is 5.97 Å². The lowest BCUT2D eigenvalue weighted by atomic mass is 10.1. The maximum Gasteiger partial charge on any atom is 0.337 e. The van der Waals surface area contributed by atoms with Crippen molar-refractivity contribution in [1.29, 1.82) is 0 Å². The molecule has 3 aromatic rings. The van der Waals surface area contributed by atoms with Gasteiger partial charge in [-0.1, -0.05) is 18.2 Å². The molecule has 0 atom stereocenters. The van der Waals surface area contributed by atoms with Crippen LogP contribution in [0.1, 0.15) is 31.8 Å². The fourth-order valence-electron chi connectivity index (χ4n) is 2.57. The van der Waals surface area contributed by atoms with Crippen molar-refractivity contribution in [2.45, 2.75) is 6.61 Å². The summed E-state index contributed by atoms with van der Waals surface area (Å²) in [5, 5.41) is 13.1. The lowest BCUT2D eigenvalue weighted by Gasteiger charge is -2.07. The van der Waals surface area contributed by atoms with Crippen LogP contribution in [0.2, 0.25) is 0 Å². The molecule has 30 heavy (non-hydrogen) atoms. The van der Waals surface area contributed by atoms with E-state index in [0.717, 1.165) is 11.1 Å². The van der Waals surface area contributed by atoms with E-state index in [2.05, 4.69) is 15.3 Å². The number of anilines is 1. The van der Waals surface area contributed by atoms with Gasteiger partial charge in [0.1, 0.15) is 12.4 Å². The number of methoxy groups -OCH3 is 1. The van der Waals surface area contributed by atoms with Crippen molar-refractivity contribution in [3.05, 3.63) is 95.1 Å². The number of esters is 1. The number of hydrogen-bond donors (Lipinski definition) is 2. The van der Waals surface area contributed by atoms with E-state index in [0.29, 0.717) is 23.6 Å². The van der Waals surface area contributed by atoms with Gasteiger partial charge in [0.05, 0.1) is 30.1 Å². The Hall–Kier alpha value is -4.13. The summed E-state index contributed by atoms with van der Waals surface area (Å²) in [5.74, 6) is -0.659. The molecule has 7 nitrogen and oxygen atoms in total. The van der Waals surface area contributed by atoms with E-state index >= 15 is 0 Å². The number of benzene rings is 3. The molecule has 0 aliphatic rings. The molecule has 3 aromatic carbocycles. The molecular weight excluding hydrogens is 384 g/mol. The summed E-state index contributed by atoms with van der Waals surface area (Å²) in [6.45, 7) is 0.371. The average molecular weight is 404 g/mol. The zero-order valence-corrected chi connectivity index (χ0v) is 16.2. The van der Waals surface area contributed by atoms with Crippen molar-refractivity contribution < 1.29 is 24.2 Å². The number of nitrogens with one attached hydrogen (secondary N) is 1. The average Bonchev–Trinajstić information content (AvgIpc) is 2.78. The fourth-order valence-corrected chi connectivity index (χ4v) is 2.57. The minimum absolute atomic E-state index is 0.191. The third-order valence-electron chi connectivity index (χ3n) is 4.18. The van der Waals surface area contributed by atoms with Crippen LogP contribution in [0, 0.1) is 0 Å². The molecule has 0 spiro atoms. The molecule has 2 N–H and O–H groups in total. The molecule has 3 rings (SSSR count). The van der Waals surface area contributed by atoms with E-state index in [1.165, 1.54) is 19.2 Å². The van der Waals surface area contributed by atoms with Gasteiger partial charge in [0.15, 0.2) is 0 Å². The smallest absolute Gasteiger partial charge is 0.337 e. The first kappa shape index (κ1) is 20.6. The zero-order valence-electron chi connectivity index (χ0n) is 16.2. The Morgan fingerprint density at radius 3 is 2.40 bits per heavy atom. The molecule has 0 aliphatic carbocycles. The van der Waals surface area contributed by atoms with Crippen molar-refractivity contribution in [2.75, 3.05) is 12.5 Å². The molecule has 0 aromatic heterocycles. The van der Waals surface area contributed by atoms with Crippen molar-refractivity contribution in [3.8, 4) is 5.75 Å². The maximum atomic E-state index is 11.4. The number of rotatable bonds is 8. The SMILES string of the molecule is COC(=O)c1ccc(COc2ccc(/C=N\Nc3cccc(C(=O)O)c3)cc2)cc1. The lowest BCUT2D eigenvalue weighted by molar-refractivity contribution is 0.0599. The van der Waals surface area contributed by atoms with E-state index in [1.54, 1.807) is 30.5 Å². The first-order valence-electron chi connectivity index (χ1n) is 9.08. The van der Waals surface area contributed by atoms with Crippen LogP contribution >= 0.6 is 0 Å². The molecule has 7 heteroatoms. The van der Waals surface area contributed by atoms with E-state index in [9.17, 15) is 9.59 Å². The second kappa shape index (κ2) is 9.88. The Morgan fingerprint density at radius 2 is 1.73 bits per heavy atom. The summed E-state index contributed by atoms with van der Waals surface area (Å²) in [7, 11) is 1.35. The number of aromatic carboxylic acids is 1. The maximum absolute atomic E-state index is 11.4. The van der Waals surface area contributed by atoms with Crippen LogP contribution < -0.4 is 10.2 Å². The Balaban J connectivity index is 1.52. The fraction of sp³-hybridized carbons (Fsp3) is 0.0870. The summed E-state index contributed by atoms with van der Waals surface area (Å²) in [6.07, 6.45) is 1.63. The van der Waals surface area contributed by atoms with Gasteiger partial charge in [-0.3, -0.25) is 5.43 Å². The molecule has 0 saturated heterocycles. The van der Waals surface area contributed by atoms with Gasteiger partial charge in [0, 0.05) is 0 Å². The highest BCUT2D eigenvalue weighted by molar-refractivity contribution is 5.89. The number of carbonyl (C=O) groups excluding carboxylic acids is 1. The van der Waals surface area contributed by atoms with Crippen molar-refractivity contribution in [1.82, 2.24) is 0 Å². The van der Waals surface area contributed by atoms with Gasteiger partial charge in [-0.15, -0.1) is 0 Å². The number of carboxylic acids is 1. The highest BCUT2D eigenvalue weighted by Crippen LogP contribution is 2.15. The zero-order chi connectivity index (χ0) is 21.3. The van der Waals surface area contributed by atoms with Crippen molar-refractivity contribution in [2.24, 2.45) is 5.10 Å². The van der Waals surface area contributed by atoms with Crippen molar-refractivity contribution >= 4 is 23.8 Å². The monoisotopic (exact) mass is 404 g/mol. The number of ether oxygens (including phenoxy) is 2. The quantitative estimate of drug-likeness (QED) is 0.332. The second-order valence-electron chi connectivity index (χ2n) is 6.30. The molecule has 0 heterocycles. The van der Waals surface area contributed by atoms with Crippen LogP contribution in [0.4, 0.5) is 5.69 Å². The van der Waals surface area contributed by atoms with Crippen LogP contribution in [0.3, 0.4) is 0 Å². The summed E-state index contributed by atoms with van der Waals surface area (Å²) in [5.41, 5.74) is 5.87. The Labute approximate surface area is 173 Å². The number of carbonyl (C=O) groups is 2. The standard InChI is InChI=1S/C23H20N2O5/c1-29-23(28)18-9-5-17(6-10-18)15-30-21-11-7-16(8-12-21)14-24-25-20-4-2-3-19(13-20)22(26)27/h2-14,25H,15H2,1H3,(H,26,27)/b24-14-. The molecule has 0 radical (unpaired) electrons. The van der Waals surface area contributed by atoms with Crippen LogP contribution in [-0.4, -0.2) is 30.4 Å². The van der Waals surface area contributed by atoms with Crippen LogP contribution in [-0.2, 0) is 11.3 Å². The lowest BCUT2D eigenvalue weighted by Crippen LogP contribution is -2.02. The van der Waals surface area contributed by atoms with Gasteiger partial charge in [-0.25, -0.2) is 9.59 Å². The van der Waals surface area contributed by atoms with E-state index in [1.807, 2.05) is 36.4 Å². The first-order valence-corrected chi connectivity index (χ1v) is 9.08. The van der Waals surface area contributed by atoms with Gasteiger partial charge in [0.25, 0.3) is 0 Å². The number of carboxylic acid groups (broad SMARTS) is 1. The predicted molar refractivity (Wildman–Crippen MR) is 113 cm³/mol. The Morgan fingerprint density at radius 1 is 1.00 bits per heavy atom. The first-order chi connectivity index (χ1) is 14.5. The number of hydrazone groups is 1. The topological polar surface area (TPSA) is 97.2 Å². The van der Waals surface area contributed by atoms with Crippen LogP contribution in [0.15, 0.2) is 77.9 Å². The summed E-state index contributed by atoms with van der Waals surface area (Å²) < 4.78 is 10.4. The minimum atomic E-state index is -0.988. The number of nitrogens with zero attached hydrogens (tertiary/aromatic N) is 1. The molecular formula is C23H20N2O5. The highest BCUT2D eigenvalue weighted by Gasteiger charge is 2.05. The van der Waals surface area contributed by atoms with Gasteiger partial charge < -0.3 is 14.6 Å². The van der Waals surface area contributed by atoms with Gasteiger partial charge >= 0.3 is 11.9 Å². The third-order valence-corrected chi connectivity index (χ3v) is 4.18. The highest BCUT2D eigenvalue weighted by atomic mass is 16.5. The normalized spacial score (nSPS) is 10.6. The Kier molecular flexibility index (Phi) is 6.78. The molecule has 152 valence electrons. The van der Waals surface area contributed by atoms with Gasteiger partial charge in [0.2, 0.25) is 0 Å². The molecule has 0 fully saturated rings. The largest absolute Gasteiger partial charge is 0.489 e. The van der Waals surface area contributed by atoms with E-state index in [-0.39, 0.29) is 11.5 Å². The Bertz CT molecular complexity index is 1040. The van der Waals surface area contributed by atoms with Crippen LogP contribution in [0.25, 0.3) is 0 Å². The van der Waals surface area contributed by atoms with Crippen molar-refractivity contribution in [3.63, 3.8) is 0 Å². The molecule has 0 saturated carbocycles. The predicted octanol–water partition coefficient (Wildman–Crippen LogP) is 4.20. The molecule has 0 unspecified atom stereocenters. The van der Waals surface area contributed by atoms with Gasteiger partial charge in [-0.2, -0.15) is 5.10 Å². The molecule has 0 bridgehead atoms. The molecule has 0 amide bonds. The summed E-state index contributed by atoms with van der Waals surface area (Å²) in [4.78, 5) is 22.4. The van der Waals surface area contributed by atoms with Crippen LogP contribution in [0.5, 0.6) is 5.75 Å².